The van der Waals surface area contributed by atoms with Gasteiger partial charge in [-0.05, 0) is 37.5 Å². The summed E-state index contributed by atoms with van der Waals surface area (Å²) in [6.45, 7) is 3.46. The van der Waals surface area contributed by atoms with E-state index in [1.165, 1.54) is 0 Å². The number of carbonyl (C=O) groups is 1. The van der Waals surface area contributed by atoms with Crippen molar-refractivity contribution in [2.45, 2.75) is 38.7 Å². The average molecular weight is 391 g/mol. The Labute approximate surface area is 168 Å². The third-order valence-electron chi connectivity index (χ3n) is 5.25. The average Bonchev–Trinajstić information content (AvgIpc) is 3.19. The van der Waals surface area contributed by atoms with E-state index in [4.69, 9.17) is 4.74 Å². The Morgan fingerprint density at radius 2 is 2.04 bits per heavy atom. The van der Waals surface area contributed by atoms with Gasteiger partial charge in [0.1, 0.15) is 5.75 Å². The summed E-state index contributed by atoms with van der Waals surface area (Å²) in [7, 11) is 5.22. The van der Waals surface area contributed by atoms with Gasteiger partial charge in [-0.1, -0.05) is 25.0 Å². The molecule has 2 rings (SSSR count). The lowest BCUT2D eigenvalue weighted by atomic mass is 9.85. The number of hydrogen-bond donors (Lipinski definition) is 3. The van der Waals surface area contributed by atoms with Gasteiger partial charge in [0.15, 0.2) is 5.96 Å². The number of hydrogen-bond acceptors (Lipinski definition) is 4. The van der Waals surface area contributed by atoms with E-state index in [9.17, 15) is 9.90 Å². The van der Waals surface area contributed by atoms with Crippen molar-refractivity contribution in [3.8, 4) is 5.75 Å². The SMILES string of the molecule is CCNC(=NCC1(C(=O)N(C)C)CCCC1)NCC(O)c1cccc(OC)c1. The molecule has 0 radical (unpaired) electrons. The Balaban J connectivity index is 2.04. The minimum absolute atomic E-state index is 0.154. The normalized spacial score (nSPS) is 17.1. The lowest BCUT2D eigenvalue weighted by molar-refractivity contribution is -0.138. The third kappa shape index (κ3) is 5.61. The van der Waals surface area contributed by atoms with Crippen LogP contribution in [0.1, 0.15) is 44.3 Å². The van der Waals surface area contributed by atoms with Gasteiger partial charge in [0.25, 0.3) is 0 Å². The summed E-state index contributed by atoms with van der Waals surface area (Å²) in [5.74, 6) is 1.48. The molecule has 0 aliphatic heterocycles. The van der Waals surface area contributed by atoms with E-state index in [1.54, 1.807) is 26.1 Å². The number of amides is 1. The zero-order valence-corrected chi connectivity index (χ0v) is 17.5. The van der Waals surface area contributed by atoms with Crippen molar-refractivity contribution < 1.29 is 14.6 Å². The smallest absolute Gasteiger partial charge is 0.230 e. The summed E-state index contributed by atoms with van der Waals surface area (Å²) in [6, 6.07) is 7.38. The largest absolute Gasteiger partial charge is 0.497 e. The van der Waals surface area contributed by atoms with Crippen LogP contribution in [0, 0.1) is 5.41 Å². The number of benzene rings is 1. The van der Waals surface area contributed by atoms with Crippen LogP contribution in [0.4, 0.5) is 0 Å². The molecule has 7 nitrogen and oxygen atoms in total. The number of aliphatic hydroxyl groups excluding tert-OH is 1. The van der Waals surface area contributed by atoms with Gasteiger partial charge in [-0.3, -0.25) is 9.79 Å². The van der Waals surface area contributed by atoms with Gasteiger partial charge in [0.05, 0.1) is 25.2 Å². The minimum atomic E-state index is -0.692. The van der Waals surface area contributed by atoms with Gasteiger partial charge < -0.3 is 25.4 Å². The maximum Gasteiger partial charge on any atom is 0.230 e. The summed E-state index contributed by atoms with van der Waals surface area (Å²) >= 11 is 0. The fourth-order valence-electron chi connectivity index (χ4n) is 3.70. The zero-order valence-electron chi connectivity index (χ0n) is 17.5. The summed E-state index contributed by atoms with van der Waals surface area (Å²) in [5.41, 5.74) is 0.370. The monoisotopic (exact) mass is 390 g/mol. The molecule has 0 spiro atoms. The van der Waals surface area contributed by atoms with E-state index in [2.05, 4.69) is 15.6 Å². The molecule has 28 heavy (non-hydrogen) atoms. The molecule has 0 heterocycles. The molecule has 0 saturated heterocycles. The number of aliphatic imine (C=N–C) groups is 1. The molecule has 1 aliphatic rings. The Hall–Kier alpha value is -2.28. The van der Waals surface area contributed by atoms with Crippen molar-refractivity contribution in [3.63, 3.8) is 0 Å². The second-order valence-electron chi connectivity index (χ2n) is 7.56. The molecule has 1 aliphatic carbocycles. The van der Waals surface area contributed by atoms with Gasteiger partial charge in [-0.15, -0.1) is 0 Å². The van der Waals surface area contributed by atoms with Crippen LogP contribution in [0.3, 0.4) is 0 Å². The van der Waals surface area contributed by atoms with Crippen LogP contribution < -0.4 is 15.4 Å². The fourth-order valence-corrected chi connectivity index (χ4v) is 3.70. The number of carbonyl (C=O) groups excluding carboxylic acids is 1. The standard InChI is InChI=1S/C21H34N4O3/c1-5-22-20(23-14-18(26)16-9-8-10-17(13-16)28-4)24-15-21(11-6-7-12-21)19(27)25(2)3/h8-10,13,18,26H,5-7,11-12,14-15H2,1-4H3,(H2,22,23,24). The molecule has 1 aromatic carbocycles. The summed E-state index contributed by atoms with van der Waals surface area (Å²) in [5, 5.41) is 16.9. The molecule has 1 fully saturated rings. The number of nitrogens with zero attached hydrogens (tertiary/aromatic N) is 2. The van der Waals surface area contributed by atoms with Crippen molar-refractivity contribution in [1.82, 2.24) is 15.5 Å². The summed E-state index contributed by atoms with van der Waals surface area (Å²) < 4.78 is 5.21. The summed E-state index contributed by atoms with van der Waals surface area (Å²) in [6.07, 6.45) is 3.18. The van der Waals surface area contributed by atoms with Crippen molar-refractivity contribution in [3.05, 3.63) is 29.8 Å². The van der Waals surface area contributed by atoms with Crippen LogP contribution in [0.15, 0.2) is 29.3 Å². The molecular weight excluding hydrogens is 356 g/mol. The molecule has 1 saturated carbocycles. The number of methoxy groups -OCH3 is 1. The predicted molar refractivity (Wildman–Crippen MR) is 112 cm³/mol. The highest BCUT2D eigenvalue weighted by atomic mass is 16.5. The van der Waals surface area contributed by atoms with Gasteiger partial charge >= 0.3 is 0 Å². The van der Waals surface area contributed by atoms with Gasteiger partial charge in [-0.2, -0.15) is 0 Å². The Kier molecular flexibility index (Phi) is 8.11. The Morgan fingerprint density at radius 1 is 1.32 bits per heavy atom. The second-order valence-corrected chi connectivity index (χ2v) is 7.56. The van der Waals surface area contributed by atoms with Crippen LogP contribution in [-0.4, -0.2) is 62.7 Å². The first kappa shape index (κ1) is 22.0. The number of ether oxygens (including phenoxy) is 1. The highest BCUT2D eigenvalue weighted by Crippen LogP contribution is 2.39. The van der Waals surface area contributed by atoms with Gasteiger partial charge in [0, 0.05) is 27.2 Å². The molecule has 156 valence electrons. The Morgan fingerprint density at radius 3 is 2.64 bits per heavy atom. The van der Waals surface area contributed by atoms with Crippen LogP contribution in [0.25, 0.3) is 0 Å². The quantitative estimate of drug-likeness (QED) is 0.466. The van der Waals surface area contributed by atoms with Crippen molar-refractivity contribution in [1.29, 1.82) is 0 Å². The van der Waals surface area contributed by atoms with E-state index in [0.29, 0.717) is 31.3 Å². The Bertz CT molecular complexity index is 669. The molecule has 1 amide bonds. The highest BCUT2D eigenvalue weighted by molar-refractivity contribution is 5.84. The molecule has 1 unspecified atom stereocenters. The van der Waals surface area contributed by atoms with E-state index in [-0.39, 0.29) is 5.91 Å². The minimum Gasteiger partial charge on any atom is -0.497 e. The van der Waals surface area contributed by atoms with E-state index < -0.39 is 11.5 Å². The molecule has 7 heteroatoms. The predicted octanol–water partition coefficient (Wildman–Crippen LogP) is 1.93. The molecular formula is C21H34N4O3. The lowest BCUT2D eigenvalue weighted by Crippen LogP contribution is -2.43. The van der Waals surface area contributed by atoms with E-state index in [1.807, 2.05) is 31.2 Å². The van der Waals surface area contributed by atoms with Crippen LogP contribution in [0.2, 0.25) is 0 Å². The maximum absolute atomic E-state index is 12.7. The van der Waals surface area contributed by atoms with Crippen molar-refractivity contribution in [2.24, 2.45) is 10.4 Å². The van der Waals surface area contributed by atoms with Gasteiger partial charge in [-0.25, -0.2) is 0 Å². The van der Waals surface area contributed by atoms with Gasteiger partial charge in [0.2, 0.25) is 5.91 Å². The summed E-state index contributed by atoms with van der Waals surface area (Å²) in [4.78, 5) is 19.1. The first-order valence-electron chi connectivity index (χ1n) is 9.98. The van der Waals surface area contributed by atoms with E-state index in [0.717, 1.165) is 31.2 Å². The second kappa shape index (κ2) is 10.3. The number of nitrogens with one attached hydrogen (secondary N) is 2. The molecule has 0 aromatic heterocycles. The van der Waals surface area contributed by atoms with Crippen molar-refractivity contribution >= 4 is 11.9 Å². The van der Waals surface area contributed by atoms with Crippen LogP contribution in [0.5, 0.6) is 5.75 Å². The van der Waals surface area contributed by atoms with Crippen LogP contribution >= 0.6 is 0 Å². The highest BCUT2D eigenvalue weighted by Gasteiger charge is 2.42. The number of aliphatic hydroxyl groups is 1. The molecule has 1 atom stereocenters. The first-order valence-corrected chi connectivity index (χ1v) is 9.98. The number of guanidine groups is 1. The fraction of sp³-hybridized carbons (Fsp3) is 0.619. The van der Waals surface area contributed by atoms with E-state index >= 15 is 0 Å². The van der Waals surface area contributed by atoms with Crippen molar-refractivity contribution in [2.75, 3.05) is 40.8 Å². The molecule has 3 N–H and O–H groups in total. The first-order chi connectivity index (χ1) is 13.4. The zero-order chi connectivity index (χ0) is 20.6. The lowest BCUT2D eigenvalue weighted by Gasteiger charge is -2.29. The maximum atomic E-state index is 12.7. The number of rotatable bonds is 8. The topological polar surface area (TPSA) is 86.2 Å². The third-order valence-corrected chi connectivity index (χ3v) is 5.25. The molecule has 0 bridgehead atoms. The van der Waals surface area contributed by atoms with Crippen LogP contribution in [-0.2, 0) is 4.79 Å². The molecule has 1 aromatic rings.